The van der Waals surface area contributed by atoms with Crippen LogP contribution in [-0.2, 0) is 23.8 Å². The van der Waals surface area contributed by atoms with E-state index in [1.165, 1.54) is 103 Å². The Kier molecular flexibility index (Phi) is 42.4. The number of hydrogen-bond donors (Lipinski definition) is 6. The van der Waals surface area contributed by atoms with Gasteiger partial charge < -0.3 is 45.1 Å². The molecule has 0 aromatic carbocycles. The third-order valence-electron chi connectivity index (χ3n) is 12.8. The van der Waals surface area contributed by atoms with E-state index in [2.05, 4.69) is 38.2 Å². The number of allylic oxidation sites excluding steroid dienone is 9. The molecule has 8 atom stereocenters. The molecule has 0 aromatic heterocycles. The van der Waals surface area contributed by atoms with Gasteiger partial charge in [-0.1, -0.05) is 236 Å². The topological polar surface area (TPSA) is 175 Å². The fourth-order valence-electron chi connectivity index (χ4n) is 8.37. The van der Waals surface area contributed by atoms with Gasteiger partial charge in [0.1, 0.15) is 24.4 Å². The van der Waals surface area contributed by atoms with Crippen molar-refractivity contribution in [2.75, 3.05) is 13.2 Å². The van der Waals surface area contributed by atoms with E-state index in [9.17, 15) is 35.1 Å². The van der Waals surface area contributed by atoms with Crippen LogP contribution in [0, 0.1) is 0 Å². The Labute approximate surface area is 414 Å². The van der Waals surface area contributed by atoms with Gasteiger partial charge in [-0.05, 0) is 44.9 Å². The number of nitrogens with one attached hydrogen (secondary N) is 1. The van der Waals surface area contributed by atoms with Gasteiger partial charge in [0.25, 0.3) is 0 Å². The van der Waals surface area contributed by atoms with Crippen LogP contribution in [0.5, 0.6) is 0 Å². The number of esters is 1. The smallest absolute Gasteiger partial charge is 0.306 e. The van der Waals surface area contributed by atoms with Gasteiger partial charge in [-0.2, -0.15) is 0 Å². The molecule has 1 aliphatic rings. The molecule has 1 saturated heterocycles. The predicted octanol–water partition coefficient (Wildman–Crippen LogP) is 11.9. The largest absolute Gasteiger partial charge is 0.454 e. The summed E-state index contributed by atoms with van der Waals surface area (Å²) >= 11 is 0. The zero-order valence-electron chi connectivity index (χ0n) is 43.2. The van der Waals surface area contributed by atoms with Gasteiger partial charge in [0, 0.05) is 6.42 Å². The van der Waals surface area contributed by atoms with Gasteiger partial charge >= 0.3 is 5.97 Å². The number of amides is 1. The van der Waals surface area contributed by atoms with E-state index in [4.69, 9.17) is 14.2 Å². The van der Waals surface area contributed by atoms with Crippen molar-refractivity contribution in [1.29, 1.82) is 0 Å². The molecule has 0 aromatic rings. The van der Waals surface area contributed by atoms with Gasteiger partial charge in [-0.3, -0.25) is 9.59 Å². The molecule has 1 amide bonds. The number of rotatable bonds is 45. The molecule has 1 rings (SSSR count). The third kappa shape index (κ3) is 33.8. The van der Waals surface area contributed by atoms with Crippen LogP contribution in [0.2, 0.25) is 0 Å². The lowest BCUT2D eigenvalue weighted by molar-refractivity contribution is -0.305. The van der Waals surface area contributed by atoms with Gasteiger partial charge in [0.05, 0.1) is 25.4 Å². The quantitative estimate of drug-likeness (QED) is 0.0149. The molecule has 8 unspecified atom stereocenters. The van der Waals surface area contributed by atoms with Crippen molar-refractivity contribution in [3.05, 3.63) is 60.8 Å². The van der Waals surface area contributed by atoms with Crippen LogP contribution in [0.1, 0.15) is 226 Å². The zero-order chi connectivity index (χ0) is 49.7. The molecule has 1 fully saturated rings. The Morgan fingerprint density at radius 2 is 1.06 bits per heavy atom. The highest BCUT2D eigenvalue weighted by Gasteiger charge is 2.47. The molecule has 68 heavy (non-hydrogen) atoms. The number of unbranched alkanes of at least 4 members (excludes halogenated alkanes) is 26. The number of hydrogen-bond acceptors (Lipinski definition) is 10. The highest BCUT2D eigenvalue weighted by Crippen LogP contribution is 2.26. The fraction of sp³-hybridized carbons (Fsp3) is 0.789. The van der Waals surface area contributed by atoms with Gasteiger partial charge in [0.15, 0.2) is 12.4 Å². The van der Waals surface area contributed by atoms with Gasteiger partial charge in [0.2, 0.25) is 5.91 Å². The van der Waals surface area contributed by atoms with Crippen molar-refractivity contribution in [3.8, 4) is 0 Å². The third-order valence-corrected chi connectivity index (χ3v) is 12.8. The molecule has 394 valence electrons. The minimum absolute atomic E-state index is 0.0966. The Morgan fingerprint density at radius 3 is 1.59 bits per heavy atom. The van der Waals surface area contributed by atoms with E-state index in [1.54, 1.807) is 6.08 Å². The van der Waals surface area contributed by atoms with E-state index in [-0.39, 0.29) is 13.0 Å². The van der Waals surface area contributed by atoms with Crippen LogP contribution in [0.15, 0.2) is 60.8 Å². The van der Waals surface area contributed by atoms with Crippen LogP contribution in [0.25, 0.3) is 0 Å². The Balaban J connectivity index is 2.76. The molecule has 0 aliphatic carbocycles. The number of carbonyl (C=O) groups is 2. The molecule has 0 saturated carbocycles. The maximum absolute atomic E-state index is 13.3. The van der Waals surface area contributed by atoms with Crippen LogP contribution in [0.4, 0.5) is 0 Å². The minimum atomic E-state index is -1.62. The van der Waals surface area contributed by atoms with Crippen molar-refractivity contribution >= 4 is 11.9 Å². The number of aliphatic hydroxyl groups is 5. The average molecular weight is 960 g/mol. The average Bonchev–Trinajstić information content (AvgIpc) is 3.33. The standard InChI is InChI=1S/C57H101NO10/c1-4-7-10-13-16-19-22-24-25-27-30-33-36-39-42-45-52(62)68-55-54(64)53(63)51(46-59)67-57(55)66-47-48(49(60)43-40-37-34-31-28-21-18-15-12-9-6-3)58-56(65)50(61)44-41-38-35-32-29-26-23-20-17-14-11-8-5-2/h7,10,13,16,19,22,24-25,40,43,48-51,53-55,57,59-61,63-64H,4-6,8-9,11-12,14-15,17-18,20-21,23,26-39,41-42,44-47H2,1-3H3,(H,58,65)/b10-7+,16-13+,22-19+,25-24-,43-40+. The summed E-state index contributed by atoms with van der Waals surface area (Å²) in [5.74, 6) is -1.22. The van der Waals surface area contributed by atoms with Gasteiger partial charge in [-0.15, -0.1) is 0 Å². The fourth-order valence-corrected chi connectivity index (χ4v) is 8.37. The molecule has 11 heteroatoms. The van der Waals surface area contributed by atoms with E-state index < -0.39 is 67.4 Å². The Bertz CT molecular complexity index is 1330. The summed E-state index contributed by atoms with van der Waals surface area (Å²) in [6, 6.07) is -1.03. The number of aliphatic hydroxyl groups excluding tert-OH is 5. The molecular formula is C57H101NO10. The first-order valence-corrected chi connectivity index (χ1v) is 27.6. The van der Waals surface area contributed by atoms with Crippen molar-refractivity contribution in [1.82, 2.24) is 5.32 Å². The lowest BCUT2D eigenvalue weighted by Gasteiger charge is -2.41. The molecule has 1 heterocycles. The maximum atomic E-state index is 13.3. The number of carbonyl (C=O) groups excluding carboxylic acids is 2. The molecule has 0 radical (unpaired) electrons. The molecule has 0 spiro atoms. The first-order valence-electron chi connectivity index (χ1n) is 27.6. The molecule has 11 nitrogen and oxygen atoms in total. The van der Waals surface area contributed by atoms with Gasteiger partial charge in [-0.25, -0.2) is 0 Å². The Morgan fingerprint density at radius 1 is 0.588 bits per heavy atom. The van der Waals surface area contributed by atoms with E-state index >= 15 is 0 Å². The highest BCUT2D eigenvalue weighted by molar-refractivity contribution is 5.80. The van der Waals surface area contributed by atoms with E-state index in [1.807, 2.05) is 42.5 Å². The highest BCUT2D eigenvalue weighted by atomic mass is 16.7. The summed E-state index contributed by atoms with van der Waals surface area (Å²) < 4.78 is 17.5. The van der Waals surface area contributed by atoms with E-state index in [0.717, 1.165) is 77.0 Å². The molecule has 0 bridgehead atoms. The summed E-state index contributed by atoms with van der Waals surface area (Å²) in [6.45, 7) is 5.61. The first kappa shape index (κ1) is 63.4. The van der Waals surface area contributed by atoms with E-state index in [0.29, 0.717) is 19.3 Å². The number of ether oxygens (including phenoxy) is 3. The van der Waals surface area contributed by atoms with Crippen LogP contribution in [-0.4, -0.2) is 99.6 Å². The molecular weight excluding hydrogens is 859 g/mol. The summed E-state index contributed by atoms with van der Waals surface area (Å²) in [6.07, 6.45) is 44.1. The van der Waals surface area contributed by atoms with Crippen LogP contribution < -0.4 is 5.32 Å². The van der Waals surface area contributed by atoms with Crippen LogP contribution >= 0.6 is 0 Å². The second kappa shape index (κ2) is 45.5. The van der Waals surface area contributed by atoms with Crippen molar-refractivity contribution in [2.45, 2.75) is 275 Å². The molecule has 1 aliphatic heterocycles. The summed E-state index contributed by atoms with van der Waals surface area (Å²) in [4.78, 5) is 26.4. The van der Waals surface area contributed by atoms with Crippen molar-refractivity contribution in [2.24, 2.45) is 0 Å². The lowest BCUT2D eigenvalue weighted by atomic mass is 9.99. The second-order valence-electron chi connectivity index (χ2n) is 19.0. The second-order valence-corrected chi connectivity index (χ2v) is 19.0. The first-order chi connectivity index (χ1) is 33.2. The minimum Gasteiger partial charge on any atom is -0.454 e. The van der Waals surface area contributed by atoms with Crippen LogP contribution in [0.3, 0.4) is 0 Å². The monoisotopic (exact) mass is 960 g/mol. The summed E-state index contributed by atoms with van der Waals surface area (Å²) in [5.41, 5.74) is 0. The lowest BCUT2D eigenvalue weighted by Crippen LogP contribution is -2.61. The molecule has 6 N–H and O–H groups in total. The SMILES string of the molecule is CC/C=C/C=C/C=C/C=C\CCCCCCCC(=O)OC1C(OCC(NC(=O)C(O)CCCCCCCCCCCCCCC)C(O)/C=C/CCCCCCCCCCC)OC(CO)C(O)C1O. The Hall–Kier alpha value is -2.64. The van der Waals surface area contributed by atoms with Crippen molar-refractivity contribution < 1.29 is 49.3 Å². The van der Waals surface area contributed by atoms with Crippen molar-refractivity contribution in [3.63, 3.8) is 0 Å². The summed E-state index contributed by atoms with van der Waals surface area (Å²) in [5, 5.41) is 56.7. The predicted molar refractivity (Wildman–Crippen MR) is 278 cm³/mol. The normalized spacial score (nSPS) is 20.4. The zero-order valence-corrected chi connectivity index (χ0v) is 43.2. The summed E-state index contributed by atoms with van der Waals surface area (Å²) in [7, 11) is 0. The maximum Gasteiger partial charge on any atom is 0.306 e.